The van der Waals surface area contributed by atoms with E-state index in [2.05, 4.69) is 199 Å². The maximum absolute atomic E-state index is 9.69. The Bertz CT molecular complexity index is 3240. The molecule has 0 unspecified atom stereocenters. The number of nitriles is 2. The van der Waals surface area contributed by atoms with E-state index in [9.17, 15) is 10.5 Å². The van der Waals surface area contributed by atoms with Crippen molar-refractivity contribution in [1.82, 2.24) is 0 Å². The fraction of sp³-hybridized carbons (Fsp3) is 0.172. The highest BCUT2D eigenvalue weighted by molar-refractivity contribution is 6.10. The molecule has 8 aromatic rings. The molecule has 0 saturated heterocycles. The second-order valence-corrected chi connectivity index (χ2v) is 18.4. The maximum Gasteiger partial charge on any atom is 0.0991 e. The predicted molar refractivity (Wildman–Crippen MR) is 257 cm³/mol. The average molecular weight is 801 g/mol. The van der Waals surface area contributed by atoms with Gasteiger partial charge in [0.25, 0.3) is 0 Å². The molecular weight excluding hydrogens is 753 g/mol. The zero-order chi connectivity index (χ0) is 43.2. The van der Waals surface area contributed by atoms with Gasteiger partial charge in [0.15, 0.2) is 0 Å². The van der Waals surface area contributed by atoms with E-state index in [1.807, 2.05) is 24.3 Å². The first-order chi connectivity index (χ1) is 29.8. The van der Waals surface area contributed by atoms with Crippen LogP contribution < -0.4 is 9.80 Å². The molecule has 0 atom stereocenters. The number of hydrogen-bond acceptors (Lipinski definition) is 4. The van der Waals surface area contributed by atoms with E-state index in [1.165, 1.54) is 77.5 Å². The van der Waals surface area contributed by atoms with E-state index < -0.39 is 0 Å². The fourth-order valence-corrected chi connectivity index (χ4v) is 10.4. The van der Waals surface area contributed by atoms with Crippen molar-refractivity contribution < 1.29 is 0 Å². The first-order valence-corrected chi connectivity index (χ1v) is 21.5. The van der Waals surface area contributed by atoms with Crippen LogP contribution in [0.15, 0.2) is 146 Å². The first-order valence-electron chi connectivity index (χ1n) is 21.5. The van der Waals surface area contributed by atoms with Crippen LogP contribution in [0.5, 0.6) is 0 Å². The number of rotatable bonds is 6. The van der Waals surface area contributed by atoms with Gasteiger partial charge in [-0.05, 0) is 180 Å². The van der Waals surface area contributed by atoms with E-state index in [-0.39, 0.29) is 10.8 Å². The highest BCUT2D eigenvalue weighted by Gasteiger charge is 2.43. The van der Waals surface area contributed by atoms with Crippen LogP contribution >= 0.6 is 0 Å². The Kier molecular flexibility index (Phi) is 8.81. The molecular formula is C58H48N4. The van der Waals surface area contributed by atoms with Gasteiger partial charge in [-0.2, -0.15) is 10.5 Å². The molecule has 4 nitrogen and oxygen atoms in total. The average Bonchev–Trinajstić information content (AvgIpc) is 3.63. The van der Waals surface area contributed by atoms with Crippen molar-refractivity contribution >= 4 is 44.9 Å². The Morgan fingerprint density at radius 1 is 0.403 bits per heavy atom. The van der Waals surface area contributed by atoms with Gasteiger partial charge in [0.1, 0.15) is 0 Å². The maximum atomic E-state index is 9.69. The lowest BCUT2D eigenvalue weighted by Gasteiger charge is -2.31. The summed E-state index contributed by atoms with van der Waals surface area (Å²) >= 11 is 0. The molecule has 0 fully saturated rings. The summed E-state index contributed by atoms with van der Waals surface area (Å²) in [6, 6.07) is 57.1. The SMILES string of the molecule is Cc1ccc(N(c2ccc(C#N)cc2)c2ccc3c(c2)C(C)(C)c2cc4c(cc2-3)C(C)(C)c2cc(N(c3ccc(C#N)cc3)c3ccc(C)cc3C)c3ccccc3c2-4)c(C)c1. The van der Waals surface area contributed by atoms with Crippen LogP contribution in [-0.4, -0.2) is 0 Å². The van der Waals surface area contributed by atoms with Crippen LogP contribution in [0.2, 0.25) is 0 Å². The van der Waals surface area contributed by atoms with Gasteiger partial charge in [0.05, 0.1) is 29.0 Å². The molecule has 300 valence electrons. The topological polar surface area (TPSA) is 54.1 Å². The molecule has 0 N–H and O–H groups in total. The van der Waals surface area contributed by atoms with Gasteiger partial charge in [0.2, 0.25) is 0 Å². The second-order valence-electron chi connectivity index (χ2n) is 18.4. The molecule has 10 rings (SSSR count). The van der Waals surface area contributed by atoms with Crippen LogP contribution in [-0.2, 0) is 10.8 Å². The Morgan fingerprint density at radius 2 is 0.887 bits per heavy atom. The lowest BCUT2D eigenvalue weighted by atomic mass is 9.79. The van der Waals surface area contributed by atoms with E-state index in [4.69, 9.17) is 0 Å². The summed E-state index contributed by atoms with van der Waals surface area (Å²) in [7, 11) is 0. The zero-order valence-electron chi connectivity index (χ0n) is 36.6. The minimum absolute atomic E-state index is 0.271. The molecule has 0 aromatic heterocycles. The largest absolute Gasteiger partial charge is 0.310 e. The summed E-state index contributed by atoms with van der Waals surface area (Å²) in [5.41, 5.74) is 22.5. The summed E-state index contributed by atoms with van der Waals surface area (Å²) in [5, 5.41) is 21.7. The first kappa shape index (κ1) is 38.8. The third-order valence-electron chi connectivity index (χ3n) is 13.6. The third kappa shape index (κ3) is 5.86. The van der Waals surface area contributed by atoms with E-state index >= 15 is 0 Å². The van der Waals surface area contributed by atoms with E-state index in [1.54, 1.807) is 0 Å². The van der Waals surface area contributed by atoms with Gasteiger partial charge >= 0.3 is 0 Å². The molecule has 0 aliphatic heterocycles. The van der Waals surface area contributed by atoms with Crippen molar-refractivity contribution in [2.45, 2.75) is 66.2 Å². The summed E-state index contributed by atoms with van der Waals surface area (Å²) in [6.07, 6.45) is 0. The molecule has 0 spiro atoms. The van der Waals surface area contributed by atoms with Gasteiger partial charge in [-0.25, -0.2) is 0 Å². The van der Waals surface area contributed by atoms with Gasteiger partial charge in [-0.15, -0.1) is 0 Å². The Hall–Kier alpha value is -7.40. The van der Waals surface area contributed by atoms with Crippen molar-refractivity contribution in [2.24, 2.45) is 0 Å². The molecule has 0 amide bonds. The summed E-state index contributed by atoms with van der Waals surface area (Å²) < 4.78 is 0. The van der Waals surface area contributed by atoms with Crippen LogP contribution in [0.25, 0.3) is 33.0 Å². The monoisotopic (exact) mass is 800 g/mol. The Morgan fingerprint density at radius 3 is 1.47 bits per heavy atom. The highest BCUT2D eigenvalue weighted by Crippen LogP contribution is 2.59. The number of hydrogen-bond donors (Lipinski definition) is 0. The molecule has 0 saturated carbocycles. The third-order valence-corrected chi connectivity index (χ3v) is 13.6. The van der Waals surface area contributed by atoms with Crippen molar-refractivity contribution in [3.8, 4) is 34.4 Å². The summed E-state index contributed by atoms with van der Waals surface area (Å²) in [6.45, 7) is 18.2. The quantitative estimate of drug-likeness (QED) is 0.168. The minimum Gasteiger partial charge on any atom is -0.310 e. The zero-order valence-corrected chi connectivity index (χ0v) is 36.6. The second kappa shape index (κ2) is 14.1. The number of anilines is 6. The molecule has 4 heteroatoms. The fourth-order valence-electron chi connectivity index (χ4n) is 10.4. The summed E-state index contributed by atoms with van der Waals surface area (Å²) in [4.78, 5) is 4.71. The van der Waals surface area contributed by atoms with Gasteiger partial charge in [0, 0.05) is 44.7 Å². The molecule has 2 aliphatic rings. The highest BCUT2D eigenvalue weighted by atomic mass is 15.2. The summed E-state index contributed by atoms with van der Waals surface area (Å²) in [5.74, 6) is 0. The Labute approximate surface area is 365 Å². The van der Waals surface area contributed by atoms with Crippen molar-refractivity contribution in [3.63, 3.8) is 0 Å². The van der Waals surface area contributed by atoms with E-state index in [0.717, 1.165) is 34.1 Å². The van der Waals surface area contributed by atoms with Crippen LogP contribution in [0, 0.1) is 50.4 Å². The smallest absolute Gasteiger partial charge is 0.0991 e. The van der Waals surface area contributed by atoms with Crippen LogP contribution in [0.3, 0.4) is 0 Å². The number of benzene rings is 8. The molecule has 0 bridgehead atoms. The standard InChI is InChI=1S/C58H48N4/c1-35-13-25-53(37(3)27-35)61(41-19-15-39(33-59)16-20-41)43-23-24-44-47-30-51-48(31-50(47)57(5,6)49(44)29-43)56-46-12-10-9-11-45(46)55(32-52(56)58(51,7)8)62(42-21-17-40(34-60)18-22-42)54-26-14-36(2)28-38(54)4/h9-32H,1-8H3. The normalized spacial score (nSPS) is 13.7. The van der Waals surface area contributed by atoms with Crippen molar-refractivity contribution in [2.75, 3.05) is 9.80 Å². The molecule has 8 aromatic carbocycles. The van der Waals surface area contributed by atoms with Crippen LogP contribution in [0.1, 0.15) is 83.3 Å². The molecule has 62 heavy (non-hydrogen) atoms. The van der Waals surface area contributed by atoms with E-state index in [0.29, 0.717) is 11.1 Å². The van der Waals surface area contributed by atoms with Gasteiger partial charge in [-0.1, -0.05) is 93.4 Å². The van der Waals surface area contributed by atoms with Crippen molar-refractivity contribution in [1.29, 1.82) is 10.5 Å². The van der Waals surface area contributed by atoms with Gasteiger partial charge < -0.3 is 9.80 Å². The Balaban J connectivity index is 1.14. The lowest BCUT2D eigenvalue weighted by Crippen LogP contribution is -2.18. The lowest BCUT2D eigenvalue weighted by molar-refractivity contribution is 0.652. The van der Waals surface area contributed by atoms with Crippen LogP contribution in [0.4, 0.5) is 34.1 Å². The molecule has 2 aliphatic carbocycles. The number of fused-ring (bicyclic) bond motifs is 8. The van der Waals surface area contributed by atoms with Crippen molar-refractivity contribution in [3.05, 3.63) is 201 Å². The van der Waals surface area contributed by atoms with Gasteiger partial charge in [-0.3, -0.25) is 0 Å². The molecule has 0 heterocycles. The predicted octanol–water partition coefficient (Wildman–Crippen LogP) is 15.4. The number of aryl methyl sites for hydroxylation is 4. The molecule has 0 radical (unpaired) electrons. The minimum atomic E-state index is -0.292. The number of nitrogens with zero attached hydrogens (tertiary/aromatic N) is 4.